The zero-order valence-electron chi connectivity index (χ0n) is 11.6. The number of rotatable bonds is 2. The second-order valence-electron chi connectivity index (χ2n) is 5.52. The number of benzene rings is 1. The summed E-state index contributed by atoms with van der Waals surface area (Å²) in [6.45, 7) is 0. The Morgan fingerprint density at radius 2 is 1.80 bits per heavy atom. The minimum Gasteiger partial charge on any atom is -0.423 e. The van der Waals surface area contributed by atoms with Crippen LogP contribution in [0.4, 0.5) is 6.01 Å². The van der Waals surface area contributed by atoms with Gasteiger partial charge in [-0.3, -0.25) is 10.1 Å². The summed E-state index contributed by atoms with van der Waals surface area (Å²) in [4.78, 5) is 16.6. The molecule has 4 heteroatoms. The van der Waals surface area contributed by atoms with Crippen molar-refractivity contribution in [3.8, 4) is 0 Å². The number of oxazole rings is 1. The summed E-state index contributed by atoms with van der Waals surface area (Å²) >= 11 is 0. The number of aromatic nitrogens is 1. The Balaban J connectivity index is 1.67. The number of amides is 1. The van der Waals surface area contributed by atoms with E-state index < -0.39 is 0 Å². The first-order chi connectivity index (χ1) is 9.83. The molecule has 1 saturated carbocycles. The fraction of sp³-hybridized carbons (Fsp3) is 0.500. The SMILES string of the molecule is O=C(Nc1nc2ccccc2o1)C1CCCCCCC1. The summed E-state index contributed by atoms with van der Waals surface area (Å²) in [5, 5.41) is 2.83. The first kappa shape index (κ1) is 13.2. The zero-order valence-corrected chi connectivity index (χ0v) is 11.6. The molecule has 1 aromatic carbocycles. The quantitative estimate of drug-likeness (QED) is 0.894. The molecule has 0 radical (unpaired) electrons. The molecule has 1 aliphatic rings. The average molecular weight is 272 g/mol. The molecule has 0 bridgehead atoms. The van der Waals surface area contributed by atoms with Gasteiger partial charge in [0.15, 0.2) is 5.58 Å². The molecule has 1 aromatic heterocycles. The molecule has 2 aromatic rings. The number of anilines is 1. The molecule has 4 nitrogen and oxygen atoms in total. The van der Waals surface area contributed by atoms with Crippen LogP contribution in [0.1, 0.15) is 44.9 Å². The average Bonchev–Trinajstić information content (AvgIpc) is 2.80. The van der Waals surface area contributed by atoms with Gasteiger partial charge in [0.05, 0.1) is 0 Å². The van der Waals surface area contributed by atoms with Crippen LogP contribution in [-0.4, -0.2) is 10.9 Å². The Labute approximate surface area is 118 Å². The van der Waals surface area contributed by atoms with Crippen LogP contribution in [0.2, 0.25) is 0 Å². The molecule has 0 spiro atoms. The van der Waals surface area contributed by atoms with Crippen LogP contribution < -0.4 is 5.32 Å². The number of carbonyl (C=O) groups is 1. The van der Waals surface area contributed by atoms with E-state index in [1.54, 1.807) is 0 Å². The molecule has 0 atom stereocenters. The fourth-order valence-corrected chi connectivity index (χ4v) is 2.85. The van der Waals surface area contributed by atoms with Crippen molar-refractivity contribution in [1.82, 2.24) is 4.98 Å². The number of hydrogen-bond donors (Lipinski definition) is 1. The second-order valence-corrected chi connectivity index (χ2v) is 5.52. The summed E-state index contributed by atoms with van der Waals surface area (Å²) in [5.41, 5.74) is 1.49. The van der Waals surface area contributed by atoms with E-state index >= 15 is 0 Å². The predicted molar refractivity (Wildman–Crippen MR) is 78.4 cm³/mol. The van der Waals surface area contributed by atoms with Crippen molar-refractivity contribution in [3.63, 3.8) is 0 Å². The molecule has 1 N–H and O–H groups in total. The number of hydrogen-bond acceptors (Lipinski definition) is 3. The lowest BCUT2D eigenvalue weighted by molar-refractivity contribution is -0.120. The summed E-state index contributed by atoms with van der Waals surface area (Å²) in [6, 6.07) is 7.86. The van der Waals surface area contributed by atoms with Gasteiger partial charge in [0.1, 0.15) is 5.52 Å². The van der Waals surface area contributed by atoms with Gasteiger partial charge in [0, 0.05) is 5.92 Å². The van der Waals surface area contributed by atoms with Crippen LogP contribution in [-0.2, 0) is 4.79 Å². The van der Waals surface area contributed by atoms with Crippen LogP contribution >= 0.6 is 0 Å². The van der Waals surface area contributed by atoms with Crippen molar-refractivity contribution >= 4 is 23.0 Å². The van der Waals surface area contributed by atoms with E-state index in [2.05, 4.69) is 10.3 Å². The maximum absolute atomic E-state index is 12.3. The molecule has 0 unspecified atom stereocenters. The molecule has 1 heterocycles. The van der Waals surface area contributed by atoms with Gasteiger partial charge >= 0.3 is 6.01 Å². The largest absolute Gasteiger partial charge is 0.423 e. The standard InChI is InChI=1S/C16H20N2O2/c19-15(12-8-4-2-1-3-5-9-12)18-16-17-13-10-6-7-11-14(13)20-16/h6-7,10-12H,1-5,8-9H2,(H,17,18,19). The van der Waals surface area contributed by atoms with Crippen LogP contribution in [0.3, 0.4) is 0 Å². The molecule has 1 amide bonds. The predicted octanol–water partition coefficient (Wildman–Crippen LogP) is 4.13. The zero-order chi connectivity index (χ0) is 13.8. The Morgan fingerprint density at radius 1 is 1.10 bits per heavy atom. The van der Waals surface area contributed by atoms with Crippen molar-refractivity contribution in [1.29, 1.82) is 0 Å². The van der Waals surface area contributed by atoms with Crippen molar-refractivity contribution in [2.75, 3.05) is 5.32 Å². The molecule has 1 aliphatic carbocycles. The van der Waals surface area contributed by atoms with E-state index in [1.807, 2.05) is 24.3 Å². The number of carbonyl (C=O) groups excluding carboxylic acids is 1. The third-order valence-corrected chi connectivity index (χ3v) is 4.00. The van der Waals surface area contributed by atoms with Crippen LogP contribution in [0, 0.1) is 5.92 Å². The van der Waals surface area contributed by atoms with E-state index in [9.17, 15) is 4.79 Å². The number of nitrogens with one attached hydrogen (secondary N) is 1. The van der Waals surface area contributed by atoms with Crippen molar-refractivity contribution in [2.24, 2.45) is 5.92 Å². The highest BCUT2D eigenvalue weighted by molar-refractivity contribution is 5.91. The minimum absolute atomic E-state index is 0.0541. The minimum atomic E-state index is 0.0541. The number of nitrogens with zero attached hydrogens (tertiary/aromatic N) is 1. The summed E-state index contributed by atoms with van der Waals surface area (Å²) in [5.74, 6) is 0.156. The molecular formula is C16H20N2O2. The van der Waals surface area contributed by atoms with Crippen LogP contribution in [0.5, 0.6) is 0 Å². The third kappa shape index (κ3) is 3.00. The first-order valence-electron chi connectivity index (χ1n) is 7.49. The molecule has 3 rings (SSSR count). The monoisotopic (exact) mass is 272 g/mol. The van der Waals surface area contributed by atoms with Gasteiger partial charge in [0.2, 0.25) is 5.91 Å². The van der Waals surface area contributed by atoms with E-state index in [0.717, 1.165) is 31.2 Å². The van der Waals surface area contributed by atoms with Crippen molar-refractivity contribution in [2.45, 2.75) is 44.9 Å². The highest BCUT2D eigenvalue weighted by Gasteiger charge is 2.21. The summed E-state index contributed by atoms with van der Waals surface area (Å²) < 4.78 is 5.54. The van der Waals surface area contributed by atoms with Gasteiger partial charge in [-0.15, -0.1) is 0 Å². The molecule has 0 aliphatic heterocycles. The molecule has 0 saturated heterocycles. The highest BCUT2D eigenvalue weighted by atomic mass is 16.4. The molecule has 1 fully saturated rings. The number of para-hydroxylation sites is 2. The Bertz CT molecular complexity index is 550. The fourth-order valence-electron chi connectivity index (χ4n) is 2.85. The normalized spacial score (nSPS) is 17.6. The smallest absolute Gasteiger partial charge is 0.302 e. The van der Waals surface area contributed by atoms with E-state index in [-0.39, 0.29) is 11.8 Å². The maximum Gasteiger partial charge on any atom is 0.302 e. The van der Waals surface area contributed by atoms with Gasteiger partial charge in [-0.05, 0) is 25.0 Å². The molecule has 20 heavy (non-hydrogen) atoms. The van der Waals surface area contributed by atoms with Gasteiger partial charge in [-0.25, -0.2) is 0 Å². The van der Waals surface area contributed by atoms with Gasteiger partial charge in [-0.2, -0.15) is 4.98 Å². The second kappa shape index (κ2) is 6.07. The van der Waals surface area contributed by atoms with Crippen molar-refractivity contribution < 1.29 is 9.21 Å². The van der Waals surface area contributed by atoms with E-state index in [0.29, 0.717) is 11.6 Å². The van der Waals surface area contributed by atoms with Crippen molar-refractivity contribution in [3.05, 3.63) is 24.3 Å². The Hall–Kier alpha value is -1.84. The molecule has 106 valence electrons. The van der Waals surface area contributed by atoms with Gasteiger partial charge in [0.25, 0.3) is 0 Å². The summed E-state index contributed by atoms with van der Waals surface area (Å²) in [6.07, 6.45) is 8.04. The third-order valence-electron chi connectivity index (χ3n) is 4.00. The molecular weight excluding hydrogens is 252 g/mol. The summed E-state index contributed by atoms with van der Waals surface area (Å²) in [7, 11) is 0. The topological polar surface area (TPSA) is 55.1 Å². The number of fused-ring (bicyclic) bond motifs is 1. The van der Waals surface area contributed by atoms with Gasteiger partial charge in [-0.1, -0.05) is 44.2 Å². The van der Waals surface area contributed by atoms with Crippen LogP contribution in [0.15, 0.2) is 28.7 Å². The van der Waals surface area contributed by atoms with E-state index in [4.69, 9.17) is 4.42 Å². The first-order valence-corrected chi connectivity index (χ1v) is 7.49. The highest BCUT2D eigenvalue weighted by Crippen LogP contribution is 2.24. The van der Waals surface area contributed by atoms with Gasteiger partial charge < -0.3 is 4.42 Å². The lowest BCUT2D eigenvalue weighted by atomic mass is 9.90. The van der Waals surface area contributed by atoms with Crippen LogP contribution in [0.25, 0.3) is 11.1 Å². The Kier molecular flexibility index (Phi) is 4.00. The maximum atomic E-state index is 12.3. The lowest BCUT2D eigenvalue weighted by Crippen LogP contribution is -2.23. The lowest BCUT2D eigenvalue weighted by Gasteiger charge is -2.17. The van der Waals surface area contributed by atoms with E-state index in [1.165, 1.54) is 19.3 Å². The Morgan fingerprint density at radius 3 is 2.55 bits per heavy atom.